The molecule has 0 saturated carbocycles. The van der Waals surface area contributed by atoms with Crippen LogP contribution < -0.4 is 8.92 Å². The lowest BCUT2D eigenvalue weighted by molar-refractivity contribution is -0.144. The molecule has 0 aliphatic carbocycles. The molecule has 1 N–H and O–H groups in total. The van der Waals surface area contributed by atoms with Crippen molar-refractivity contribution in [1.82, 2.24) is 4.57 Å². The zero-order chi connectivity index (χ0) is 24.0. The number of nitrogens with zero attached hydrogens (tertiary/aromatic N) is 1. The van der Waals surface area contributed by atoms with E-state index in [1.54, 1.807) is 53.2 Å². The van der Waals surface area contributed by atoms with Gasteiger partial charge in [-0.05, 0) is 48.9 Å². The molecule has 1 aromatic heterocycles. The minimum Gasteiger partial charge on any atom is -0.479 e. The molecule has 1 heterocycles. The van der Waals surface area contributed by atoms with Crippen LogP contribution in [0.2, 0.25) is 0 Å². The van der Waals surface area contributed by atoms with Gasteiger partial charge in [0, 0.05) is 18.3 Å². The number of hydrogen-bond donors (Lipinski definition) is 1. The van der Waals surface area contributed by atoms with Crippen LogP contribution in [-0.4, -0.2) is 42.2 Å². The normalized spacial score (nSPS) is 12.4. The molecule has 0 amide bonds. The second-order valence-corrected chi connectivity index (χ2v) is 8.84. The van der Waals surface area contributed by atoms with Crippen molar-refractivity contribution in [3.05, 3.63) is 89.8 Å². The maximum absolute atomic E-state index is 13.0. The molecule has 0 aliphatic rings. The van der Waals surface area contributed by atoms with Crippen molar-refractivity contribution in [2.75, 3.05) is 6.26 Å². The molecule has 0 fully saturated rings. The summed E-state index contributed by atoms with van der Waals surface area (Å²) in [5.41, 5.74) is 1.55. The van der Waals surface area contributed by atoms with Gasteiger partial charge in [0.15, 0.2) is 6.10 Å². The molecule has 172 valence electrons. The van der Waals surface area contributed by atoms with E-state index >= 15 is 0 Å². The summed E-state index contributed by atoms with van der Waals surface area (Å²) in [5.74, 6) is -0.805. The highest BCUT2D eigenvalue weighted by Gasteiger charge is 2.15. The van der Waals surface area contributed by atoms with Crippen molar-refractivity contribution in [2.45, 2.75) is 19.6 Å². The number of aromatic nitrogens is 1. The zero-order valence-electron chi connectivity index (χ0n) is 18.0. The Morgan fingerprint density at radius 1 is 1.06 bits per heavy atom. The monoisotopic (exact) mass is 469 g/mol. The van der Waals surface area contributed by atoms with Gasteiger partial charge in [-0.2, -0.15) is 8.42 Å². The number of carboxylic acids is 1. The second-order valence-electron chi connectivity index (χ2n) is 7.26. The first kappa shape index (κ1) is 23.8. The molecule has 0 aliphatic heterocycles. The summed E-state index contributed by atoms with van der Waals surface area (Å²) in [6.07, 6.45) is 5.45. The molecule has 0 unspecified atom stereocenters. The Labute approximate surface area is 191 Å². The van der Waals surface area contributed by atoms with Gasteiger partial charge < -0.3 is 18.6 Å². The van der Waals surface area contributed by atoms with Gasteiger partial charge in [0.1, 0.15) is 11.5 Å². The van der Waals surface area contributed by atoms with Crippen LogP contribution in [0.25, 0.3) is 6.08 Å². The van der Waals surface area contributed by atoms with E-state index in [4.69, 9.17) is 14.0 Å². The van der Waals surface area contributed by atoms with E-state index in [1.807, 2.05) is 18.2 Å². The number of aliphatic carboxylic acids is 1. The predicted octanol–water partition coefficient (Wildman–Crippen LogP) is 3.62. The van der Waals surface area contributed by atoms with Gasteiger partial charge in [-0.25, -0.2) is 4.79 Å². The minimum atomic E-state index is -3.70. The summed E-state index contributed by atoms with van der Waals surface area (Å²) in [5, 5.41) is 8.97. The first-order valence-electron chi connectivity index (χ1n) is 9.98. The lowest BCUT2D eigenvalue weighted by Crippen LogP contribution is -2.22. The maximum atomic E-state index is 13.0. The number of benzene rings is 2. The Balaban J connectivity index is 1.72. The van der Waals surface area contributed by atoms with Crippen molar-refractivity contribution < 1.29 is 32.0 Å². The number of ketones is 1. The van der Waals surface area contributed by atoms with E-state index in [9.17, 15) is 18.0 Å². The van der Waals surface area contributed by atoms with E-state index in [-0.39, 0.29) is 11.5 Å². The van der Waals surface area contributed by atoms with E-state index in [2.05, 4.69) is 0 Å². The Kier molecular flexibility index (Phi) is 7.34. The summed E-state index contributed by atoms with van der Waals surface area (Å²) >= 11 is 0. The summed E-state index contributed by atoms with van der Waals surface area (Å²) in [6.45, 7) is 1.86. The van der Waals surface area contributed by atoms with E-state index in [0.717, 1.165) is 11.8 Å². The molecule has 2 aromatic carbocycles. The van der Waals surface area contributed by atoms with Crippen LogP contribution in [0.4, 0.5) is 0 Å². The van der Waals surface area contributed by atoms with Gasteiger partial charge in [-0.1, -0.05) is 36.4 Å². The van der Waals surface area contributed by atoms with Crippen molar-refractivity contribution in [3.8, 4) is 11.5 Å². The van der Waals surface area contributed by atoms with Crippen LogP contribution >= 0.6 is 0 Å². The smallest absolute Gasteiger partial charge is 0.344 e. The highest BCUT2D eigenvalue weighted by Crippen LogP contribution is 2.19. The lowest BCUT2D eigenvalue weighted by atomic mass is 10.1. The first-order valence-corrected chi connectivity index (χ1v) is 11.8. The van der Waals surface area contributed by atoms with Gasteiger partial charge in [0.2, 0.25) is 5.78 Å². The Bertz CT molecular complexity index is 1290. The van der Waals surface area contributed by atoms with Gasteiger partial charge >= 0.3 is 16.1 Å². The van der Waals surface area contributed by atoms with Crippen LogP contribution in [0.3, 0.4) is 0 Å². The number of rotatable bonds is 10. The number of allylic oxidation sites excluding steroid dienone is 1. The van der Waals surface area contributed by atoms with Crippen molar-refractivity contribution in [2.24, 2.45) is 0 Å². The van der Waals surface area contributed by atoms with E-state index in [0.29, 0.717) is 23.6 Å². The Morgan fingerprint density at radius 2 is 1.79 bits per heavy atom. The third-order valence-corrected chi connectivity index (χ3v) is 5.03. The molecule has 8 nitrogen and oxygen atoms in total. The van der Waals surface area contributed by atoms with Crippen molar-refractivity contribution in [1.29, 1.82) is 0 Å². The van der Waals surface area contributed by atoms with Gasteiger partial charge in [-0.15, -0.1) is 0 Å². The van der Waals surface area contributed by atoms with Crippen LogP contribution in [-0.2, 0) is 21.5 Å². The molecule has 9 heteroatoms. The predicted molar refractivity (Wildman–Crippen MR) is 123 cm³/mol. The highest BCUT2D eigenvalue weighted by molar-refractivity contribution is 7.86. The fourth-order valence-corrected chi connectivity index (χ4v) is 3.49. The number of ether oxygens (including phenoxy) is 1. The van der Waals surface area contributed by atoms with Crippen LogP contribution in [0.15, 0.2) is 72.9 Å². The van der Waals surface area contributed by atoms with E-state index in [1.165, 1.54) is 19.1 Å². The fraction of sp³-hybridized carbons (Fsp3) is 0.167. The molecule has 33 heavy (non-hydrogen) atoms. The summed E-state index contributed by atoms with van der Waals surface area (Å²) < 4.78 is 34.7. The van der Waals surface area contributed by atoms with Gasteiger partial charge in [-0.3, -0.25) is 4.79 Å². The summed E-state index contributed by atoms with van der Waals surface area (Å²) in [4.78, 5) is 23.9. The van der Waals surface area contributed by atoms with Crippen molar-refractivity contribution >= 4 is 27.9 Å². The maximum Gasteiger partial charge on any atom is 0.344 e. The number of carbonyl (C=O) groups is 2. The van der Waals surface area contributed by atoms with Gasteiger partial charge in [0.25, 0.3) is 0 Å². The Hall–Kier alpha value is -3.85. The molecule has 0 bridgehead atoms. The molecular formula is C24H23NO7S. The molecule has 3 rings (SSSR count). The number of carbonyl (C=O) groups excluding carboxylic acids is 1. The second kappa shape index (κ2) is 10.2. The first-order chi connectivity index (χ1) is 15.6. The molecule has 0 spiro atoms. The summed E-state index contributed by atoms with van der Waals surface area (Å²) in [6, 6.07) is 16.5. The minimum absolute atomic E-state index is 0.0701. The lowest BCUT2D eigenvalue weighted by Gasteiger charge is -2.10. The SMILES string of the molecule is C[C@H](Oc1cccc(C=CCn2cccc2C(=O)c2cccc(OS(C)(=O)=O)c2)c1)C(=O)O. The molecule has 3 aromatic rings. The summed E-state index contributed by atoms with van der Waals surface area (Å²) in [7, 11) is -3.70. The third kappa shape index (κ3) is 6.81. The molecular weight excluding hydrogens is 446 g/mol. The van der Waals surface area contributed by atoms with Crippen LogP contribution in [0.1, 0.15) is 28.5 Å². The fourth-order valence-electron chi connectivity index (χ4n) is 3.04. The zero-order valence-corrected chi connectivity index (χ0v) is 18.9. The molecule has 0 radical (unpaired) electrons. The number of hydrogen-bond acceptors (Lipinski definition) is 6. The van der Waals surface area contributed by atoms with E-state index < -0.39 is 22.2 Å². The average molecular weight is 470 g/mol. The largest absolute Gasteiger partial charge is 0.479 e. The number of carboxylic acid groups (broad SMARTS) is 1. The molecule has 0 saturated heterocycles. The van der Waals surface area contributed by atoms with Crippen LogP contribution in [0, 0.1) is 0 Å². The average Bonchev–Trinajstić information content (AvgIpc) is 3.21. The quantitative estimate of drug-likeness (QED) is 0.356. The highest BCUT2D eigenvalue weighted by atomic mass is 32.2. The topological polar surface area (TPSA) is 112 Å². The third-order valence-electron chi connectivity index (χ3n) is 4.54. The van der Waals surface area contributed by atoms with Crippen LogP contribution in [0.5, 0.6) is 11.5 Å². The Morgan fingerprint density at radius 3 is 2.52 bits per heavy atom. The van der Waals surface area contributed by atoms with Gasteiger partial charge in [0.05, 0.1) is 11.9 Å². The molecule has 1 atom stereocenters. The standard InChI is InChI=1S/C24H23NO7S/c1-17(24(27)28)31-20-10-3-7-18(15-20)8-5-13-25-14-6-12-22(25)23(26)19-9-4-11-21(16-19)32-33(2,29)30/h3-12,14-17H,13H2,1-2H3,(H,27,28)/t17-/m0/s1. The van der Waals surface area contributed by atoms with Crippen molar-refractivity contribution in [3.63, 3.8) is 0 Å².